The molecule has 110 valence electrons. The lowest BCUT2D eigenvalue weighted by Crippen LogP contribution is -2.35. The van der Waals surface area contributed by atoms with Crippen LogP contribution >= 0.6 is 0 Å². The van der Waals surface area contributed by atoms with Crippen molar-refractivity contribution in [3.63, 3.8) is 0 Å². The van der Waals surface area contributed by atoms with E-state index in [2.05, 4.69) is 0 Å². The van der Waals surface area contributed by atoms with Crippen molar-refractivity contribution in [2.45, 2.75) is 50.5 Å². The van der Waals surface area contributed by atoms with Crippen LogP contribution in [0.5, 0.6) is 0 Å². The SMILES string of the molecule is Cc1cc(S(=O)(=O)N(CC2CC2)C2CC2)cc(N)c1C. The van der Waals surface area contributed by atoms with E-state index in [1.165, 1.54) is 0 Å². The van der Waals surface area contributed by atoms with Gasteiger partial charge in [0.2, 0.25) is 10.0 Å². The molecule has 20 heavy (non-hydrogen) atoms. The van der Waals surface area contributed by atoms with Crippen LogP contribution in [0.2, 0.25) is 0 Å². The van der Waals surface area contributed by atoms with Gasteiger partial charge in [-0.1, -0.05) is 0 Å². The molecular weight excluding hydrogens is 272 g/mol. The van der Waals surface area contributed by atoms with Gasteiger partial charge in [-0.2, -0.15) is 4.31 Å². The second-order valence-corrected chi connectivity index (χ2v) is 8.09. The van der Waals surface area contributed by atoms with Gasteiger partial charge in [-0.05, 0) is 68.7 Å². The van der Waals surface area contributed by atoms with Gasteiger partial charge in [-0.15, -0.1) is 0 Å². The van der Waals surface area contributed by atoms with E-state index in [9.17, 15) is 8.42 Å². The molecule has 3 rings (SSSR count). The summed E-state index contributed by atoms with van der Waals surface area (Å²) in [5.41, 5.74) is 8.40. The van der Waals surface area contributed by atoms with E-state index in [-0.39, 0.29) is 6.04 Å². The molecule has 0 saturated heterocycles. The van der Waals surface area contributed by atoms with E-state index < -0.39 is 10.0 Å². The molecule has 0 unspecified atom stereocenters. The van der Waals surface area contributed by atoms with Crippen molar-refractivity contribution >= 4 is 15.7 Å². The molecule has 0 radical (unpaired) electrons. The van der Waals surface area contributed by atoms with Gasteiger partial charge in [-0.3, -0.25) is 0 Å². The summed E-state index contributed by atoms with van der Waals surface area (Å²) < 4.78 is 27.4. The van der Waals surface area contributed by atoms with Gasteiger partial charge < -0.3 is 5.73 Å². The Labute approximate surface area is 121 Å². The maximum Gasteiger partial charge on any atom is 0.243 e. The lowest BCUT2D eigenvalue weighted by Gasteiger charge is -2.22. The van der Waals surface area contributed by atoms with E-state index in [0.29, 0.717) is 23.0 Å². The molecule has 2 fully saturated rings. The molecule has 2 aliphatic carbocycles. The molecule has 4 nitrogen and oxygen atoms in total. The number of hydrogen-bond donors (Lipinski definition) is 1. The summed E-state index contributed by atoms with van der Waals surface area (Å²) in [6.07, 6.45) is 4.31. The molecule has 2 saturated carbocycles. The lowest BCUT2D eigenvalue weighted by molar-refractivity contribution is 0.389. The van der Waals surface area contributed by atoms with E-state index in [0.717, 1.165) is 36.8 Å². The second kappa shape index (κ2) is 4.74. The van der Waals surface area contributed by atoms with Crippen LogP contribution in [0.15, 0.2) is 17.0 Å². The fraction of sp³-hybridized carbons (Fsp3) is 0.600. The van der Waals surface area contributed by atoms with Gasteiger partial charge >= 0.3 is 0 Å². The number of nitrogens with two attached hydrogens (primary N) is 1. The molecule has 0 amide bonds. The van der Waals surface area contributed by atoms with Gasteiger partial charge in [0.1, 0.15) is 0 Å². The molecule has 0 spiro atoms. The fourth-order valence-corrected chi connectivity index (χ4v) is 4.38. The minimum atomic E-state index is -3.40. The van der Waals surface area contributed by atoms with Crippen molar-refractivity contribution in [2.75, 3.05) is 12.3 Å². The molecule has 0 bridgehead atoms. The molecule has 0 atom stereocenters. The Bertz CT molecular complexity index is 608. The third-order valence-electron chi connectivity index (χ3n) is 4.38. The summed E-state index contributed by atoms with van der Waals surface area (Å²) in [5, 5.41) is 0. The maximum atomic E-state index is 12.9. The first kappa shape index (κ1) is 13.9. The number of anilines is 1. The van der Waals surface area contributed by atoms with Crippen LogP contribution in [-0.4, -0.2) is 25.3 Å². The van der Waals surface area contributed by atoms with E-state index >= 15 is 0 Å². The standard InChI is InChI=1S/C15H22N2O2S/c1-10-7-14(8-15(16)11(10)2)20(18,19)17(13-5-6-13)9-12-3-4-12/h7-8,12-13H,3-6,9,16H2,1-2H3. The van der Waals surface area contributed by atoms with Crippen LogP contribution in [0.1, 0.15) is 36.8 Å². The summed E-state index contributed by atoms with van der Waals surface area (Å²) in [6, 6.07) is 3.58. The Kier molecular flexibility index (Phi) is 3.29. The molecule has 0 heterocycles. The molecule has 2 aliphatic rings. The Morgan fingerprint density at radius 3 is 2.35 bits per heavy atom. The van der Waals surface area contributed by atoms with E-state index in [1.807, 2.05) is 13.8 Å². The molecule has 0 aromatic heterocycles. The number of aryl methyl sites for hydroxylation is 1. The highest BCUT2D eigenvalue weighted by atomic mass is 32.2. The summed E-state index contributed by atoms with van der Waals surface area (Å²) in [6.45, 7) is 4.51. The highest BCUT2D eigenvalue weighted by Gasteiger charge is 2.41. The van der Waals surface area contributed by atoms with Crippen LogP contribution in [-0.2, 0) is 10.0 Å². The zero-order chi connectivity index (χ0) is 14.5. The highest BCUT2D eigenvalue weighted by molar-refractivity contribution is 7.89. The number of nitrogen functional groups attached to an aromatic ring is 1. The Balaban J connectivity index is 1.96. The first-order valence-electron chi connectivity index (χ1n) is 7.28. The average Bonchev–Trinajstić information content (AvgIpc) is 3.25. The number of sulfonamides is 1. The quantitative estimate of drug-likeness (QED) is 0.848. The predicted molar refractivity (Wildman–Crippen MR) is 80.0 cm³/mol. The average molecular weight is 294 g/mol. The number of nitrogens with zero attached hydrogens (tertiary/aromatic N) is 1. The van der Waals surface area contributed by atoms with Crippen LogP contribution in [0, 0.1) is 19.8 Å². The van der Waals surface area contributed by atoms with Crippen molar-refractivity contribution < 1.29 is 8.42 Å². The van der Waals surface area contributed by atoms with Gasteiger partial charge in [0, 0.05) is 18.3 Å². The Morgan fingerprint density at radius 1 is 1.20 bits per heavy atom. The first-order valence-corrected chi connectivity index (χ1v) is 8.72. The van der Waals surface area contributed by atoms with Gasteiger partial charge in [-0.25, -0.2) is 8.42 Å². The summed E-state index contributed by atoms with van der Waals surface area (Å²) >= 11 is 0. The maximum absolute atomic E-state index is 12.9. The molecule has 2 N–H and O–H groups in total. The first-order chi connectivity index (χ1) is 9.39. The van der Waals surface area contributed by atoms with Crippen LogP contribution in [0.4, 0.5) is 5.69 Å². The van der Waals surface area contributed by atoms with Gasteiger partial charge in [0.15, 0.2) is 0 Å². The van der Waals surface area contributed by atoms with Gasteiger partial charge in [0.05, 0.1) is 4.90 Å². The second-order valence-electron chi connectivity index (χ2n) is 6.20. The van der Waals surface area contributed by atoms with Crippen molar-refractivity contribution in [3.8, 4) is 0 Å². The number of hydrogen-bond acceptors (Lipinski definition) is 3. The minimum Gasteiger partial charge on any atom is -0.398 e. The molecular formula is C15H22N2O2S. The highest BCUT2D eigenvalue weighted by Crippen LogP contribution is 2.38. The molecule has 5 heteroatoms. The summed E-state index contributed by atoms with van der Waals surface area (Å²) in [4.78, 5) is 0.352. The van der Waals surface area contributed by atoms with Gasteiger partial charge in [0.25, 0.3) is 0 Å². The minimum absolute atomic E-state index is 0.212. The zero-order valence-corrected chi connectivity index (χ0v) is 12.9. The normalized spacial score (nSPS) is 19.6. The lowest BCUT2D eigenvalue weighted by atomic mass is 10.1. The van der Waals surface area contributed by atoms with E-state index in [4.69, 9.17) is 5.73 Å². The van der Waals surface area contributed by atoms with Crippen LogP contribution in [0.3, 0.4) is 0 Å². The number of benzene rings is 1. The third kappa shape index (κ3) is 2.56. The van der Waals surface area contributed by atoms with Crippen molar-refractivity contribution in [1.29, 1.82) is 0 Å². The largest absolute Gasteiger partial charge is 0.398 e. The third-order valence-corrected chi connectivity index (χ3v) is 6.27. The van der Waals surface area contributed by atoms with E-state index in [1.54, 1.807) is 16.4 Å². The molecule has 0 aliphatic heterocycles. The van der Waals surface area contributed by atoms with Crippen molar-refractivity contribution in [1.82, 2.24) is 4.31 Å². The Morgan fingerprint density at radius 2 is 1.85 bits per heavy atom. The number of rotatable bonds is 5. The van der Waals surface area contributed by atoms with Crippen LogP contribution < -0.4 is 5.73 Å². The molecule has 1 aromatic carbocycles. The predicted octanol–water partition coefficient (Wildman–Crippen LogP) is 2.45. The fourth-order valence-electron chi connectivity index (χ4n) is 2.50. The van der Waals surface area contributed by atoms with Crippen LogP contribution in [0.25, 0.3) is 0 Å². The monoisotopic (exact) mass is 294 g/mol. The van der Waals surface area contributed by atoms with Crippen molar-refractivity contribution in [2.24, 2.45) is 5.92 Å². The Hall–Kier alpha value is -1.07. The van der Waals surface area contributed by atoms with Crippen molar-refractivity contribution in [3.05, 3.63) is 23.3 Å². The zero-order valence-electron chi connectivity index (χ0n) is 12.1. The topological polar surface area (TPSA) is 63.4 Å². The summed E-state index contributed by atoms with van der Waals surface area (Å²) in [7, 11) is -3.40. The summed E-state index contributed by atoms with van der Waals surface area (Å²) in [5.74, 6) is 0.564. The smallest absolute Gasteiger partial charge is 0.243 e. The molecule has 1 aromatic rings.